The Morgan fingerprint density at radius 1 is 0.773 bits per heavy atom. The molecule has 2 aromatic rings. The third kappa shape index (κ3) is 11.2. The fourth-order valence-corrected chi connectivity index (χ4v) is 5.07. The third-order valence-corrected chi connectivity index (χ3v) is 7.65. The number of rotatable bonds is 14. The average molecular weight is 609 g/mol. The van der Waals surface area contributed by atoms with Gasteiger partial charge in [-0.2, -0.15) is 0 Å². The lowest BCUT2D eigenvalue weighted by atomic mass is 9.75. The van der Waals surface area contributed by atoms with Crippen molar-refractivity contribution in [3.63, 3.8) is 0 Å². The summed E-state index contributed by atoms with van der Waals surface area (Å²) in [5, 5.41) is 0. The average Bonchev–Trinajstić information content (AvgIpc) is 2.98. The first kappa shape index (κ1) is 34.4. The summed E-state index contributed by atoms with van der Waals surface area (Å²) in [6, 6.07) is 12.2. The first-order valence-electron chi connectivity index (χ1n) is 15.3. The van der Waals surface area contributed by atoms with Gasteiger partial charge in [0.15, 0.2) is 0 Å². The molecule has 0 radical (unpaired) electrons. The van der Waals surface area contributed by atoms with Gasteiger partial charge in [0, 0.05) is 5.57 Å². The number of ether oxygens (including phenoxy) is 5. The van der Waals surface area contributed by atoms with Crippen LogP contribution in [0.4, 0.5) is 4.79 Å². The van der Waals surface area contributed by atoms with E-state index >= 15 is 0 Å². The summed E-state index contributed by atoms with van der Waals surface area (Å²) in [6.07, 6.45) is 5.14. The molecule has 3 atom stereocenters. The second-order valence-electron chi connectivity index (χ2n) is 11.7. The van der Waals surface area contributed by atoms with Gasteiger partial charge in [-0.15, -0.1) is 0 Å². The van der Waals surface area contributed by atoms with Gasteiger partial charge in [0.2, 0.25) is 0 Å². The molecule has 238 valence electrons. The summed E-state index contributed by atoms with van der Waals surface area (Å²) in [6.45, 7) is 12.2. The Labute approximate surface area is 259 Å². The Morgan fingerprint density at radius 3 is 1.89 bits per heavy atom. The maximum atomic E-state index is 12.8. The zero-order valence-electron chi connectivity index (χ0n) is 26.2. The van der Waals surface area contributed by atoms with E-state index < -0.39 is 18.1 Å². The van der Waals surface area contributed by atoms with Gasteiger partial charge in [-0.3, -0.25) is 0 Å². The number of unbranched alkanes of at least 4 members (excludes halogenated alkanes) is 3. The van der Waals surface area contributed by atoms with Crippen molar-refractivity contribution in [3.05, 3.63) is 71.8 Å². The molecule has 0 spiro atoms. The Morgan fingerprint density at radius 2 is 1.32 bits per heavy atom. The summed E-state index contributed by atoms with van der Waals surface area (Å²) in [5.41, 5.74) is 1.03. The van der Waals surface area contributed by atoms with Crippen LogP contribution in [0.5, 0.6) is 11.5 Å². The highest BCUT2D eigenvalue weighted by molar-refractivity contribution is 5.92. The minimum Gasteiger partial charge on any atom is -0.462 e. The number of carbonyl (C=O) groups excluding carboxylic acids is 4. The SMILES string of the molecule is C=C(C)C(=O)OCCCCCCOC(=O)Oc1ccc(C(=O)Oc2ccc(C(=O)OC3CC(C)CCC3C(C)C)cc2)cc1. The molecule has 0 aromatic heterocycles. The quantitative estimate of drug-likeness (QED) is 0.0531. The molecule has 0 N–H and O–H groups in total. The molecule has 9 heteroatoms. The van der Waals surface area contributed by atoms with Crippen LogP contribution in [-0.2, 0) is 19.0 Å². The van der Waals surface area contributed by atoms with Crippen LogP contribution in [0.25, 0.3) is 0 Å². The lowest BCUT2D eigenvalue weighted by Gasteiger charge is -2.36. The van der Waals surface area contributed by atoms with Gasteiger partial charge in [-0.1, -0.05) is 33.8 Å². The van der Waals surface area contributed by atoms with Gasteiger partial charge >= 0.3 is 24.1 Å². The molecule has 1 aliphatic rings. The van der Waals surface area contributed by atoms with Gasteiger partial charge in [-0.05, 0) is 112 Å². The van der Waals surface area contributed by atoms with E-state index in [1.165, 1.54) is 24.3 Å². The smallest absolute Gasteiger partial charge is 0.462 e. The molecule has 3 rings (SSSR count). The minimum absolute atomic E-state index is 0.0969. The van der Waals surface area contributed by atoms with E-state index in [-0.39, 0.29) is 35.7 Å². The fraction of sp³-hybridized carbons (Fsp3) is 0.486. The third-order valence-electron chi connectivity index (χ3n) is 7.65. The number of carbonyl (C=O) groups is 4. The monoisotopic (exact) mass is 608 g/mol. The van der Waals surface area contributed by atoms with Gasteiger partial charge < -0.3 is 23.7 Å². The van der Waals surface area contributed by atoms with Crippen molar-refractivity contribution in [2.45, 2.75) is 78.7 Å². The van der Waals surface area contributed by atoms with Gasteiger partial charge in [0.25, 0.3) is 0 Å². The lowest BCUT2D eigenvalue weighted by molar-refractivity contribution is -0.139. The Hall–Kier alpha value is -4.14. The highest BCUT2D eigenvalue weighted by Crippen LogP contribution is 2.35. The van der Waals surface area contributed by atoms with E-state index in [1.807, 2.05) is 0 Å². The van der Waals surface area contributed by atoms with Crippen LogP contribution in [0.15, 0.2) is 60.7 Å². The summed E-state index contributed by atoms with van der Waals surface area (Å²) < 4.78 is 26.6. The van der Waals surface area contributed by atoms with E-state index in [2.05, 4.69) is 27.4 Å². The van der Waals surface area contributed by atoms with Crippen LogP contribution in [0, 0.1) is 17.8 Å². The molecule has 1 saturated carbocycles. The van der Waals surface area contributed by atoms with Crippen LogP contribution < -0.4 is 9.47 Å². The van der Waals surface area contributed by atoms with Crippen molar-refractivity contribution in [1.82, 2.24) is 0 Å². The van der Waals surface area contributed by atoms with Gasteiger partial charge in [-0.25, -0.2) is 19.2 Å². The number of hydrogen-bond donors (Lipinski definition) is 0. The van der Waals surface area contributed by atoms with Gasteiger partial charge in [0.05, 0.1) is 24.3 Å². The Kier molecular flexibility index (Phi) is 13.5. The van der Waals surface area contributed by atoms with Crippen LogP contribution >= 0.6 is 0 Å². The Balaban J connectivity index is 1.37. The van der Waals surface area contributed by atoms with Crippen LogP contribution in [-0.4, -0.2) is 43.4 Å². The minimum atomic E-state index is -0.841. The van der Waals surface area contributed by atoms with Crippen molar-refractivity contribution >= 4 is 24.1 Å². The molecule has 1 aliphatic carbocycles. The van der Waals surface area contributed by atoms with E-state index in [0.29, 0.717) is 41.9 Å². The maximum absolute atomic E-state index is 12.8. The maximum Gasteiger partial charge on any atom is 0.513 e. The fourth-order valence-electron chi connectivity index (χ4n) is 5.07. The highest BCUT2D eigenvalue weighted by Gasteiger charge is 2.33. The van der Waals surface area contributed by atoms with Crippen molar-refractivity contribution in [2.75, 3.05) is 13.2 Å². The molecule has 0 amide bonds. The van der Waals surface area contributed by atoms with Crippen LogP contribution in [0.2, 0.25) is 0 Å². The van der Waals surface area contributed by atoms with E-state index in [0.717, 1.165) is 38.5 Å². The summed E-state index contributed by atoms with van der Waals surface area (Å²) in [5.74, 6) is 0.466. The molecular weight excluding hydrogens is 564 g/mol. The van der Waals surface area contributed by atoms with Gasteiger partial charge in [0.1, 0.15) is 17.6 Å². The molecule has 0 heterocycles. The number of hydrogen-bond acceptors (Lipinski definition) is 9. The molecule has 0 bridgehead atoms. The molecule has 2 aromatic carbocycles. The summed E-state index contributed by atoms with van der Waals surface area (Å²) >= 11 is 0. The standard InChI is InChI=1S/C35H44O9/c1-23(2)30-19-10-25(5)22-31(30)44-34(38)27-11-15-28(16-12-27)42-33(37)26-13-17-29(18-14-26)43-35(39)41-21-9-7-6-8-20-40-32(36)24(3)4/h11-18,23,25,30-31H,3,6-10,19-22H2,1-2,4-5H3. The zero-order valence-corrected chi connectivity index (χ0v) is 26.2. The molecule has 0 aliphatic heterocycles. The number of esters is 3. The van der Waals surface area contributed by atoms with Crippen LogP contribution in [0.3, 0.4) is 0 Å². The van der Waals surface area contributed by atoms with Crippen molar-refractivity contribution in [2.24, 2.45) is 17.8 Å². The van der Waals surface area contributed by atoms with Crippen molar-refractivity contribution < 1.29 is 42.9 Å². The summed E-state index contributed by atoms with van der Waals surface area (Å²) in [7, 11) is 0. The first-order valence-corrected chi connectivity index (χ1v) is 15.3. The second-order valence-corrected chi connectivity index (χ2v) is 11.7. The van der Waals surface area contributed by atoms with Crippen molar-refractivity contribution in [1.29, 1.82) is 0 Å². The first-order chi connectivity index (χ1) is 21.0. The predicted octanol–water partition coefficient (Wildman–Crippen LogP) is 7.72. The molecule has 9 nitrogen and oxygen atoms in total. The normalized spacial score (nSPS) is 17.8. The second kappa shape index (κ2) is 17.2. The van der Waals surface area contributed by atoms with E-state index in [9.17, 15) is 19.2 Å². The molecule has 1 fully saturated rings. The summed E-state index contributed by atoms with van der Waals surface area (Å²) in [4.78, 5) is 48.7. The Bertz CT molecular complexity index is 1260. The predicted molar refractivity (Wildman–Crippen MR) is 165 cm³/mol. The molecular formula is C35H44O9. The molecule has 3 unspecified atom stereocenters. The lowest BCUT2D eigenvalue weighted by Crippen LogP contribution is -2.35. The molecule has 44 heavy (non-hydrogen) atoms. The van der Waals surface area contributed by atoms with Crippen molar-refractivity contribution in [3.8, 4) is 11.5 Å². The highest BCUT2D eigenvalue weighted by atomic mass is 16.7. The zero-order chi connectivity index (χ0) is 32.1. The van der Waals surface area contributed by atoms with E-state index in [4.69, 9.17) is 23.7 Å². The number of benzene rings is 2. The largest absolute Gasteiger partial charge is 0.513 e. The van der Waals surface area contributed by atoms with Crippen LogP contribution in [0.1, 0.15) is 93.4 Å². The van der Waals surface area contributed by atoms with E-state index in [1.54, 1.807) is 31.2 Å². The topological polar surface area (TPSA) is 114 Å². The molecule has 0 saturated heterocycles.